The van der Waals surface area contributed by atoms with Gasteiger partial charge in [0.15, 0.2) is 0 Å². The van der Waals surface area contributed by atoms with Crippen molar-refractivity contribution in [3.05, 3.63) is 17.0 Å². The Bertz CT molecular complexity index is 291. The predicted octanol–water partition coefficient (Wildman–Crippen LogP) is 2.87. The van der Waals surface area contributed by atoms with Crippen LogP contribution in [0.15, 0.2) is 6.33 Å². The summed E-state index contributed by atoms with van der Waals surface area (Å²) in [6, 6.07) is 0. The van der Waals surface area contributed by atoms with Crippen LogP contribution in [0, 0.1) is 0 Å². The van der Waals surface area contributed by atoms with Crippen LogP contribution in [0.2, 0.25) is 5.15 Å². The fourth-order valence-electron chi connectivity index (χ4n) is 1.11. The zero-order chi connectivity index (χ0) is 10.4. The van der Waals surface area contributed by atoms with E-state index < -0.39 is 0 Å². The van der Waals surface area contributed by atoms with E-state index in [9.17, 15) is 0 Å². The number of rotatable bonds is 5. The lowest BCUT2D eigenvalue weighted by Gasteiger charge is -2.08. The molecule has 78 valence electrons. The number of nitrogens with zero attached hydrogens (tertiary/aromatic N) is 2. The number of ether oxygens (including phenoxy) is 1. The Morgan fingerprint density at radius 2 is 2.14 bits per heavy atom. The van der Waals surface area contributed by atoms with Crippen LogP contribution in [-0.2, 0) is 6.42 Å². The molecule has 0 atom stereocenters. The Morgan fingerprint density at radius 3 is 2.79 bits per heavy atom. The molecule has 1 heterocycles. The van der Waals surface area contributed by atoms with Crippen LogP contribution in [0.1, 0.15) is 32.3 Å². The monoisotopic (exact) mass is 214 g/mol. The highest BCUT2D eigenvalue weighted by Gasteiger charge is 2.08. The Hall–Kier alpha value is -0.830. The van der Waals surface area contributed by atoms with E-state index >= 15 is 0 Å². The number of halogens is 1. The van der Waals surface area contributed by atoms with Crippen LogP contribution in [-0.4, -0.2) is 16.6 Å². The summed E-state index contributed by atoms with van der Waals surface area (Å²) in [4.78, 5) is 7.98. The third-order valence-electron chi connectivity index (χ3n) is 1.94. The van der Waals surface area contributed by atoms with Crippen molar-refractivity contribution >= 4 is 11.6 Å². The van der Waals surface area contributed by atoms with Crippen LogP contribution in [0.5, 0.6) is 5.88 Å². The lowest BCUT2D eigenvalue weighted by molar-refractivity contribution is 0.294. The molecule has 0 aliphatic carbocycles. The molecule has 0 saturated carbocycles. The highest BCUT2D eigenvalue weighted by atomic mass is 35.5. The average molecular weight is 215 g/mol. The summed E-state index contributed by atoms with van der Waals surface area (Å²) >= 11 is 5.91. The molecule has 0 spiro atoms. The standard InChI is InChI=1S/C10H15ClN2O/c1-3-5-6-14-10-8(4-2)9(11)12-7-13-10/h7H,3-6H2,1-2H3. The van der Waals surface area contributed by atoms with Crippen LogP contribution in [0.25, 0.3) is 0 Å². The molecule has 0 bridgehead atoms. The molecule has 14 heavy (non-hydrogen) atoms. The second-order valence-electron chi connectivity index (χ2n) is 3.00. The van der Waals surface area contributed by atoms with Crippen molar-refractivity contribution in [3.8, 4) is 5.88 Å². The van der Waals surface area contributed by atoms with Crippen molar-refractivity contribution in [3.63, 3.8) is 0 Å². The minimum Gasteiger partial charge on any atom is -0.477 e. The summed E-state index contributed by atoms with van der Waals surface area (Å²) in [5, 5.41) is 0.494. The van der Waals surface area contributed by atoms with Gasteiger partial charge in [-0.25, -0.2) is 9.97 Å². The lowest BCUT2D eigenvalue weighted by Crippen LogP contribution is -2.02. The molecule has 4 heteroatoms. The lowest BCUT2D eigenvalue weighted by atomic mass is 10.2. The zero-order valence-electron chi connectivity index (χ0n) is 8.59. The third-order valence-corrected chi connectivity index (χ3v) is 2.27. The average Bonchev–Trinajstić information content (AvgIpc) is 2.18. The first-order chi connectivity index (χ1) is 6.79. The second kappa shape index (κ2) is 5.81. The predicted molar refractivity (Wildman–Crippen MR) is 56.8 cm³/mol. The van der Waals surface area contributed by atoms with E-state index in [1.54, 1.807) is 0 Å². The van der Waals surface area contributed by atoms with Crippen LogP contribution in [0.3, 0.4) is 0 Å². The highest BCUT2D eigenvalue weighted by molar-refractivity contribution is 6.30. The van der Waals surface area contributed by atoms with E-state index in [0.29, 0.717) is 17.6 Å². The summed E-state index contributed by atoms with van der Waals surface area (Å²) in [7, 11) is 0. The molecule has 0 fully saturated rings. The van der Waals surface area contributed by atoms with Crippen molar-refractivity contribution in [2.24, 2.45) is 0 Å². The van der Waals surface area contributed by atoms with Gasteiger partial charge in [-0.05, 0) is 12.8 Å². The maximum absolute atomic E-state index is 5.91. The molecule has 0 N–H and O–H groups in total. The Morgan fingerprint density at radius 1 is 1.36 bits per heavy atom. The fourth-order valence-corrected chi connectivity index (χ4v) is 1.37. The van der Waals surface area contributed by atoms with Crippen LogP contribution < -0.4 is 4.74 Å². The maximum Gasteiger partial charge on any atom is 0.221 e. The zero-order valence-corrected chi connectivity index (χ0v) is 9.34. The van der Waals surface area contributed by atoms with Gasteiger partial charge in [0.25, 0.3) is 0 Å². The molecule has 1 aromatic heterocycles. The number of aromatic nitrogens is 2. The molecule has 0 aliphatic rings. The second-order valence-corrected chi connectivity index (χ2v) is 3.36. The molecule has 1 rings (SSSR count). The van der Waals surface area contributed by atoms with Gasteiger partial charge in [0.2, 0.25) is 5.88 Å². The molecule has 0 radical (unpaired) electrons. The van der Waals surface area contributed by atoms with Crippen molar-refractivity contribution in [2.45, 2.75) is 33.1 Å². The third kappa shape index (κ3) is 2.84. The molecule has 0 amide bonds. The molecule has 0 aromatic carbocycles. The van der Waals surface area contributed by atoms with Crippen molar-refractivity contribution in [2.75, 3.05) is 6.61 Å². The molecular formula is C10H15ClN2O. The summed E-state index contributed by atoms with van der Waals surface area (Å²) in [6.07, 6.45) is 4.37. The van der Waals surface area contributed by atoms with Gasteiger partial charge in [0.05, 0.1) is 12.2 Å². The summed E-state index contributed by atoms with van der Waals surface area (Å²) in [5.74, 6) is 0.626. The van der Waals surface area contributed by atoms with Crippen molar-refractivity contribution < 1.29 is 4.74 Å². The largest absolute Gasteiger partial charge is 0.477 e. The quantitative estimate of drug-likeness (QED) is 0.559. The molecule has 3 nitrogen and oxygen atoms in total. The molecular weight excluding hydrogens is 200 g/mol. The molecule has 0 unspecified atom stereocenters. The highest BCUT2D eigenvalue weighted by Crippen LogP contribution is 2.22. The first-order valence-corrected chi connectivity index (χ1v) is 5.29. The van der Waals surface area contributed by atoms with Crippen LogP contribution >= 0.6 is 11.6 Å². The summed E-state index contributed by atoms with van der Waals surface area (Å²) < 4.78 is 5.51. The van der Waals surface area contributed by atoms with Gasteiger partial charge in [-0.2, -0.15) is 0 Å². The SMILES string of the molecule is CCCCOc1ncnc(Cl)c1CC. The smallest absolute Gasteiger partial charge is 0.221 e. The van der Waals surface area contributed by atoms with E-state index in [4.69, 9.17) is 16.3 Å². The van der Waals surface area contributed by atoms with Gasteiger partial charge >= 0.3 is 0 Å². The van der Waals surface area contributed by atoms with E-state index in [1.807, 2.05) is 6.92 Å². The normalized spacial score (nSPS) is 10.2. The van der Waals surface area contributed by atoms with Gasteiger partial charge in [0, 0.05) is 0 Å². The Labute approximate surface area is 89.5 Å². The topological polar surface area (TPSA) is 35.0 Å². The first-order valence-electron chi connectivity index (χ1n) is 4.91. The fraction of sp³-hybridized carbons (Fsp3) is 0.600. The Balaban J connectivity index is 2.70. The summed E-state index contributed by atoms with van der Waals surface area (Å²) in [6.45, 7) is 4.82. The molecule has 0 saturated heterocycles. The Kier molecular flexibility index (Phi) is 4.66. The van der Waals surface area contributed by atoms with Gasteiger partial charge in [-0.1, -0.05) is 31.9 Å². The van der Waals surface area contributed by atoms with E-state index in [0.717, 1.165) is 24.8 Å². The number of unbranched alkanes of at least 4 members (excludes halogenated alkanes) is 1. The minimum atomic E-state index is 0.494. The van der Waals surface area contributed by atoms with E-state index in [2.05, 4.69) is 16.9 Å². The maximum atomic E-state index is 5.91. The summed E-state index contributed by atoms with van der Waals surface area (Å²) in [5.41, 5.74) is 0.894. The number of hydrogen-bond acceptors (Lipinski definition) is 3. The molecule has 0 aliphatic heterocycles. The van der Waals surface area contributed by atoms with Gasteiger partial charge in [-0.3, -0.25) is 0 Å². The first kappa shape index (κ1) is 11.2. The van der Waals surface area contributed by atoms with E-state index in [-0.39, 0.29) is 0 Å². The van der Waals surface area contributed by atoms with E-state index in [1.165, 1.54) is 6.33 Å². The van der Waals surface area contributed by atoms with Gasteiger partial charge in [-0.15, -0.1) is 0 Å². The van der Waals surface area contributed by atoms with Gasteiger partial charge in [0.1, 0.15) is 11.5 Å². The van der Waals surface area contributed by atoms with Crippen LogP contribution in [0.4, 0.5) is 0 Å². The van der Waals surface area contributed by atoms with Crippen molar-refractivity contribution in [1.29, 1.82) is 0 Å². The van der Waals surface area contributed by atoms with Crippen molar-refractivity contribution in [1.82, 2.24) is 9.97 Å². The van der Waals surface area contributed by atoms with Gasteiger partial charge < -0.3 is 4.74 Å². The minimum absolute atomic E-state index is 0.494. The number of hydrogen-bond donors (Lipinski definition) is 0. The molecule has 1 aromatic rings.